The molecule has 3 rings (SSSR count). The van der Waals surface area contributed by atoms with E-state index < -0.39 is 0 Å². The lowest BCUT2D eigenvalue weighted by Gasteiger charge is -2.26. The number of nitrogens with one attached hydrogen (secondary N) is 1. The van der Waals surface area contributed by atoms with E-state index in [4.69, 9.17) is 5.84 Å². The fraction of sp³-hybridized carbons (Fsp3) is 0.647. The van der Waals surface area contributed by atoms with E-state index in [9.17, 15) is 0 Å². The molecule has 0 amide bonds. The van der Waals surface area contributed by atoms with Crippen LogP contribution in [0.5, 0.6) is 0 Å². The van der Waals surface area contributed by atoms with Gasteiger partial charge in [-0.2, -0.15) is 0 Å². The lowest BCUT2D eigenvalue weighted by atomic mass is 9.83. The molecule has 0 heterocycles. The van der Waals surface area contributed by atoms with E-state index in [0.29, 0.717) is 6.04 Å². The Morgan fingerprint density at radius 2 is 2.11 bits per heavy atom. The number of nitrogens with two attached hydrogens (primary N) is 1. The Hall–Kier alpha value is -0.860. The molecule has 2 bridgehead atoms. The quantitative estimate of drug-likeness (QED) is 0.629. The zero-order chi connectivity index (χ0) is 13.2. The summed E-state index contributed by atoms with van der Waals surface area (Å²) in [6.07, 6.45) is 8.22. The Morgan fingerprint density at radius 1 is 1.26 bits per heavy atom. The van der Waals surface area contributed by atoms with Crippen LogP contribution in [0.4, 0.5) is 0 Å². The highest BCUT2D eigenvalue weighted by molar-refractivity contribution is 5.26. The highest BCUT2D eigenvalue weighted by Crippen LogP contribution is 2.49. The van der Waals surface area contributed by atoms with Crippen LogP contribution in [0.1, 0.15) is 43.2 Å². The second-order valence-corrected chi connectivity index (χ2v) is 6.66. The van der Waals surface area contributed by atoms with Crippen LogP contribution in [0.25, 0.3) is 0 Å². The molecule has 3 N–H and O–H groups in total. The zero-order valence-electron chi connectivity index (χ0n) is 11.9. The molecule has 104 valence electrons. The van der Waals surface area contributed by atoms with Gasteiger partial charge in [0.1, 0.15) is 0 Å². The van der Waals surface area contributed by atoms with Crippen molar-refractivity contribution in [2.75, 3.05) is 0 Å². The van der Waals surface area contributed by atoms with Crippen molar-refractivity contribution in [3.63, 3.8) is 0 Å². The van der Waals surface area contributed by atoms with E-state index in [1.165, 1.54) is 43.2 Å². The van der Waals surface area contributed by atoms with Crippen molar-refractivity contribution in [2.45, 2.75) is 51.5 Å². The van der Waals surface area contributed by atoms with E-state index >= 15 is 0 Å². The van der Waals surface area contributed by atoms with Crippen LogP contribution in [0, 0.1) is 24.7 Å². The predicted octanol–water partition coefficient (Wildman–Crippen LogP) is 3.20. The first kappa shape index (κ1) is 13.1. The summed E-state index contributed by atoms with van der Waals surface area (Å²) in [7, 11) is 0. The van der Waals surface area contributed by atoms with E-state index in [0.717, 1.165) is 24.2 Å². The van der Waals surface area contributed by atoms with Crippen molar-refractivity contribution in [1.29, 1.82) is 0 Å². The molecule has 2 saturated carbocycles. The molecule has 2 heteroatoms. The highest BCUT2D eigenvalue weighted by Gasteiger charge is 2.39. The average Bonchev–Trinajstić information content (AvgIpc) is 3.02. The van der Waals surface area contributed by atoms with Gasteiger partial charge in [0.05, 0.1) is 0 Å². The van der Waals surface area contributed by atoms with Gasteiger partial charge in [-0.05, 0) is 67.9 Å². The highest BCUT2D eigenvalue weighted by atomic mass is 15.2. The van der Waals surface area contributed by atoms with Gasteiger partial charge >= 0.3 is 0 Å². The molecule has 0 spiro atoms. The summed E-state index contributed by atoms with van der Waals surface area (Å²) in [5.74, 6) is 8.75. The van der Waals surface area contributed by atoms with Crippen molar-refractivity contribution in [2.24, 2.45) is 23.6 Å². The van der Waals surface area contributed by atoms with Gasteiger partial charge in [-0.1, -0.05) is 30.7 Å². The first-order valence-corrected chi connectivity index (χ1v) is 7.77. The third kappa shape index (κ3) is 2.85. The minimum absolute atomic E-state index is 0.436. The fourth-order valence-electron chi connectivity index (χ4n) is 4.35. The number of rotatable bonds is 5. The normalized spacial score (nSPS) is 30.7. The minimum Gasteiger partial charge on any atom is -0.271 e. The van der Waals surface area contributed by atoms with Gasteiger partial charge in [0.25, 0.3) is 0 Å². The third-order valence-electron chi connectivity index (χ3n) is 5.44. The Morgan fingerprint density at radius 3 is 2.74 bits per heavy atom. The number of hydrazine groups is 1. The summed E-state index contributed by atoms with van der Waals surface area (Å²) in [6, 6.07) is 9.11. The van der Waals surface area contributed by atoms with Crippen molar-refractivity contribution < 1.29 is 0 Å². The summed E-state index contributed by atoms with van der Waals surface area (Å²) < 4.78 is 0. The Bertz CT molecular complexity index is 429. The molecular formula is C17H26N2. The maximum Gasteiger partial charge on any atom is 0.0253 e. The number of fused-ring (bicyclic) bond motifs is 2. The van der Waals surface area contributed by atoms with Crippen molar-refractivity contribution in [3.8, 4) is 0 Å². The van der Waals surface area contributed by atoms with Gasteiger partial charge in [0, 0.05) is 6.04 Å². The van der Waals surface area contributed by atoms with Crippen LogP contribution in [0.15, 0.2) is 24.3 Å². The molecule has 0 aliphatic heterocycles. The number of hydrogen-bond donors (Lipinski definition) is 2. The predicted molar refractivity (Wildman–Crippen MR) is 79.5 cm³/mol. The van der Waals surface area contributed by atoms with Crippen LogP contribution in [-0.4, -0.2) is 6.04 Å². The smallest absolute Gasteiger partial charge is 0.0253 e. The first-order chi connectivity index (χ1) is 9.26. The lowest BCUT2D eigenvalue weighted by molar-refractivity contribution is 0.277. The van der Waals surface area contributed by atoms with E-state index in [2.05, 4.69) is 36.6 Å². The molecule has 4 unspecified atom stereocenters. The molecule has 19 heavy (non-hydrogen) atoms. The molecule has 1 aromatic carbocycles. The van der Waals surface area contributed by atoms with E-state index in [1.807, 2.05) is 0 Å². The Kier molecular flexibility index (Phi) is 3.90. The van der Waals surface area contributed by atoms with Crippen LogP contribution >= 0.6 is 0 Å². The van der Waals surface area contributed by atoms with Gasteiger partial charge in [0.2, 0.25) is 0 Å². The summed E-state index contributed by atoms with van der Waals surface area (Å²) >= 11 is 0. The summed E-state index contributed by atoms with van der Waals surface area (Å²) in [5.41, 5.74) is 5.89. The minimum atomic E-state index is 0.436. The average molecular weight is 258 g/mol. The van der Waals surface area contributed by atoms with Crippen molar-refractivity contribution in [1.82, 2.24) is 5.43 Å². The van der Waals surface area contributed by atoms with Gasteiger partial charge in [-0.3, -0.25) is 11.3 Å². The maximum atomic E-state index is 5.80. The Labute approximate surface area is 116 Å². The van der Waals surface area contributed by atoms with Gasteiger partial charge in [-0.25, -0.2) is 0 Å². The lowest BCUT2D eigenvalue weighted by Crippen LogP contribution is -2.39. The standard InChI is InChI=1S/C17H26N2/c1-12-4-2-3-5-14(12)10-17(19-18)11-16-9-13-6-7-15(16)8-13/h2-5,13,15-17,19H,6-11,18H2,1H3. The van der Waals surface area contributed by atoms with E-state index in [-0.39, 0.29) is 0 Å². The fourth-order valence-corrected chi connectivity index (χ4v) is 4.35. The van der Waals surface area contributed by atoms with Crippen LogP contribution in [0.2, 0.25) is 0 Å². The van der Waals surface area contributed by atoms with Gasteiger partial charge < -0.3 is 0 Å². The van der Waals surface area contributed by atoms with Crippen LogP contribution < -0.4 is 11.3 Å². The molecule has 0 saturated heterocycles. The zero-order valence-corrected chi connectivity index (χ0v) is 11.9. The molecule has 2 aliphatic carbocycles. The monoisotopic (exact) mass is 258 g/mol. The molecule has 0 radical (unpaired) electrons. The molecular weight excluding hydrogens is 232 g/mol. The number of benzene rings is 1. The second-order valence-electron chi connectivity index (χ2n) is 6.66. The van der Waals surface area contributed by atoms with Crippen LogP contribution in [0.3, 0.4) is 0 Å². The maximum absolute atomic E-state index is 5.80. The van der Waals surface area contributed by atoms with Gasteiger partial charge in [0.15, 0.2) is 0 Å². The first-order valence-electron chi connectivity index (χ1n) is 7.77. The second kappa shape index (κ2) is 5.64. The van der Waals surface area contributed by atoms with Crippen molar-refractivity contribution in [3.05, 3.63) is 35.4 Å². The molecule has 0 aromatic heterocycles. The SMILES string of the molecule is Cc1ccccc1CC(CC1CC2CCC1C2)NN. The van der Waals surface area contributed by atoms with Gasteiger partial charge in [-0.15, -0.1) is 0 Å². The summed E-state index contributed by atoms with van der Waals surface area (Å²) in [4.78, 5) is 0. The van der Waals surface area contributed by atoms with Crippen molar-refractivity contribution >= 4 is 0 Å². The van der Waals surface area contributed by atoms with Crippen LogP contribution in [-0.2, 0) is 6.42 Å². The largest absolute Gasteiger partial charge is 0.271 e. The summed E-state index contributed by atoms with van der Waals surface area (Å²) in [6.45, 7) is 2.19. The topological polar surface area (TPSA) is 38.0 Å². The molecule has 4 atom stereocenters. The third-order valence-corrected chi connectivity index (χ3v) is 5.44. The van der Waals surface area contributed by atoms with E-state index in [1.54, 1.807) is 0 Å². The summed E-state index contributed by atoms with van der Waals surface area (Å²) in [5, 5.41) is 0. The molecule has 2 nitrogen and oxygen atoms in total. The Balaban J connectivity index is 1.60. The number of aryl methyl sites for hydroxylation is 1. The molecule has 2 fully saturated rings. The number of hydrogen-bond acceptors (Lipinski definition) is 2. The molecule has 1 aromatic rings. The molecule has 2 aliphatic rings.